The van der Waals surface area contributed by atoms with Crippen molar-refractivity contribution in [1.29, 1.82) is 0 Å². The second-order valence-corrected chi connectivity index (χ2v) is 6.20. The smallest absolute Gasteiger partial charge is 0.321 e. The molecule has 1 unspecified atom stereocenters. The molecule has 0 radical (unpaired) electrons. The Bertz CT molecular complexity index is 525. The SMILES string of the molecule is CCN(CC1CCOC1)C(=O)Nc1ccc(N2CCOCC2)nc1. The number of nitrogens with one attached hydrogen (secondary N) is 1. The number of urea groups is 1. The average molecular weight is 334 g/mol. The molecular formula is C17H26N4O3. The normalized spacial score (nSPS) is 20.9. The third kappa shape index (κ3) is 4.36. The van der Waals surface area contributed by atoms with Crippen LogP contribution in [0, 0.1) is 5.92 Å². The van der Waals surface area contributed by atoms with Gasteiger partial charge in [-0.1, -0.05) is 0 Å². The summed E-state index contributed by atoms with van der Waals surface area (Å²) in [5.41, 5.74) is 0.720. The van der Waals surface area contributed by atoms with Crippen molar-refractivity contribution < 1.29 is 14.3 Å². The first kappa shape index (κ1) is 17.0. The molecule has 2 fully saturated rings. The molecule has 7 nitrogen and oxygen atoms in total. The minimum absolute atomic E-state index is 0.0784. The standard InChI is InChI=1S/C17H26N4O3/c1-2-20(12-14-5-8-24-13-14)17(22)19-15-3-4-16(18-11-15)21-6-9-23-10-7-21/h3-4,11,14H,2,5-10,12-13H2,1H3,(H,19,22). The van der Waals surface area contributed by atoms with Crippen molar-refractivity contribution in [3.05, 3.63) is 18.3 Å². The Morgan fingerprint density at radius 1 is 1.33 bits per heavy atom. The van der Waals surface area contributed by atoms with Crippen LogP contribution in [0.1, 0.15) is 13.3 Å². The van der Waals surface area contributed by atoms with Gasteiger partial charge >= 0.3 is 6.03 Å². The van der Waals surface area contributed by atoms with E-state index in [-0.39, 0.29) is 6.03 Å². The van der Waals surface area contributed by atoms with Gasteiger partial charge in [-0.05, 0) is 25.5 Å². The van der Waals surface area contributed by atoms with Crippen LogP contribution in [0.4, 0.5) is 16.3 Å². The molecule has 2 aliphatic rings. The lowest BCUT2D eigenvalue weighted by atomic mass is 10.1. The maximum atomic E-state index is 12.4. The Labute approximate surface area is 142 Å². The van der Waals surface area contributed by atoms with E-state index in [2.05, 4.69) is 15.2 Å². The summed E-state index contributed by atoms with van der Waals surface area (Å²) in [5.74, 6) is 1.37. The van der Waals surface area contributed by atoms with Gasteiger partial charge in [0.15, 0.2) is 0 Å². The maximum absolute atomic E-state index is 12.4. The van der Waals surface area contributed by atoms with Crippen LogP contribution in [0.25, 0.3) is 0 Å². The third-order valence-electron chi connectivity index (χ3n) is 4.51. The molecule has 1 aromatic heterocycles. The molecule has 7 heteroatoms. The van der Waals surface area contributed by atoms with Crippen molar-refractivity contribution in [1.82, 2.24) is 9.88 Å². The van der Waals surface area contributed by atoms with Gasteiger partial charge < -0.3 is 24.6 Å². The fourth-order valence-electron chi connectivity index (χ4n) is 3.04. The molecule has 2 saturated heterocycles. The van der Waals surface area contributed by atoms with Gasteiger partial charge in [-0.25, -0.2) is 9.78 Å². The van der Waals surface area contributed by atoms with E-state index in [0.29, 0.717) is 12.5 Å². The van der Waals surface area contributed by atoms with Crippen molar-refractivity contribution in [2.24, 2.45) is 5.92 Å². The number of hydrogen-bond acceptors (Lipinski definition) is 5. The van der Waals surface area contributed by atoms with Crippen LogP contribution >= 0.6 is 0 Å². The molecule has 2 aliphatic heterocycles. The number of rotatable bonds is 5. The van der Waals surface area contributed by atoms with Gasteiger partial charge in [0, 0.05) is 38.7 Å². The van der Waals surface area contributed by atoms with Crippen molar-refractivity contribution in [3.63, 3.8) is 0 Å². The lowest BCUT2D eigenvalue weighted by Crippen LogP contribution is -2.38. The first-order valence-corrected chi connectivity index (χ1v) is 8.68. The lowest BCUT2D eigenvalue weighted by molar-refractivity contribution is 0.122. The second kappa shape index (κ2) is 8.30. The molecule has 3 rings (SSSR count). The molecule has 0 bridgehead atoms. The first-order chi connectivity index (χ1) is 11.8. The molecule has 0 saturated carbocycles. The molecule has 0 aromatic carbocycles. The van der Waals surface area contributed by atoms with Gasteiger partial charge in [0.1, 0.15) is 5.82 Å². The topological polar surface area (TPSA) is 66.9 Å². The van der Waals surface area contributed by atoms with Gasteiger partial charge in [0.2, 0.25) is 0 Å². The van der Waals surface area contributed by atoms with E-state index in [1.54, 1.807) is 6.20 Å². The van der Waals surface area contributed by atoms with Gasteiger partial charge in [0.25, 0.3) is 0 Å². The van der Waals surface area contributed by atoms with Crippen LogP contribution in [0.15, 0.2) is 18.3 Å². The molecule has 1 N–H and O–H groups in total. The fraction of sp³-hybridized carbons (Fsp3) is 0.647. The van der Waals surface area contributed by atoms with E-state index in [4.69, 9.17) is 9.47 Å². The average Bonchev–Trinajstić information content (AvgIpc) is 3.14. The van der Waals surface area contributed by atoms with Crippen LogP contribution in [0.5, 0.6) is 0 Å². The number of anilines is 2. The number of morpholine rings is 1. The Hall–Kier alpha value is -1.86. The van der Waals surface area contributed by atoms with Crippen molar-refractivity contribution in [2.45, 2.75) is 13.3 Å². The molecule has 1 atom stereocenters. The molecule has 0 spiro atoms. The predicted molar refractivity (Wildman–Crippen MR) is 92.5 cm³/mol. The molecule has 3 heterocycles. The quantitative estimate of drug-likeness (QED) is 0.889. The summed E-state index contributed by atoms with van der Waals surface area (Å²) >= 11 is 0. The number of carbonyl (C=O) groups is 1. The van der Waals surface area contributed by atoms with E-state index < -0.39 is 0 Å². The van der Waals surface area contributed by atoms with E-state index >= 15 is 0 Å². The zero-order chi connectivity index (χ0) is 16.8. The minimum atomic E-state index is -0.0784. The van der Waals surface area contributed by atoms with Crippen LogP contribution < -0.4 is 10.2 Å². The summed E-state index contributed by atoms with van der Waals surface area (Å²) in [6.45, 7) is 8.14. The summed E-state index contributed by atoms with van der Waals surface area (Å²) in [5, 5.41) is 2.94. The van der Waals surface area contributed by atoms with E-state index in [9.17, 15) is 4.79 Å². The Balaban J connectivity index is 1.54. The number of amides is 2. The number of hydrogen-bond donors (Lipinski definition) is 1. The number of ether oxygens (including phenoxy) is 2. The Kier molecular flexibility index (Phi) is 5.87. The van der Waals surface area contributed by atoms with Crippen LogP contribution in [0.2, 0.25) is 0 Å². The Morgan fingerprint density at radius 3 is 2.79 bits per heavy atom. The van der Waals surface area contributed by atoms with Gasteiger partial charge in [-0.3, -0.25) is 0 Å². The number of pyridine rings is 1. The molecule has 132 valence electrons. The summed E-state index contributed by atoms with van der Waals surface area (Å²) in [6, 6.07) is 3.77. The van der Waals surface area contributed by atoms with Crippen molar-refractivity contribution in [2.75, 3.05) is 62.8 Å². The molecular weight excluding hydrogens is 308 g/mol. The van der Waals surface area contributed by atoms with Gasteiger partial charge in [-0.15, -0.1) is 0 Å². The highest BCUT2D eigenvalue weighted by molar-refractivity contribution is 5.89. The first-order valence-electron chi connectivity index (χ1n) is 8.68. The second-order valence-electron chi connectivity index (χ2n) is 6.20. The summed E-state index contributed by atoms with van der Waals surface area (Å²) < 4.78 is 10.7. The summed E-state index contributed by atoms with van der Waals surface area (Å²) in [7, 11) is 0. The largest absolute Gasteiger partial charge is 0.381 e. The number of nitrogens with zero attached hydrogens (tertiary/aromatic N) is 3. The maximum Gasteiger partial charge on any atom is 0.321 e. The highest BCUT2D eigenvalue weighted by atomic mass is 16.5. The minimum Gasteiger partial charge on any atom is -0.381 e. The molecule has 0 aliphatic carbocycles. The van der Waals surface area contributed by atoms with Gasteiger partial charge in [-0.2, -0.15) is 0 Å². The van der Waals surface area contributed by atoms with Crippen molar-refractivity contribution >= 4 is 17.5 Å². The lowest BCUT2D eigenvalue weighted by Gasteiger charge is -2.28. The summed E-state index contributed by atoms with van der Waals surface area (Å²) in [4.78, 5) is 20.9. The van der Waals surface area contributed by atoms with Crippen LogP contribution in [0.3, 0.4) is 0 Å². The number of aromatic nitrogens is 1. The zero-order valence-corrected chi connectivity index (χ0v) is 14.2. The fourth-order valence-corrected chi connectivity index (χ4v) is 3.04. The highest BCUT2D eigenvalue weighted by Crippen LogP contribution is 2.17. The Morgan fingerprint density at radius 2 is 2.17 bits per heavy atom. The zero-order valence-electron chi connectivity index (χ0n) is 14.2. The monoisotopic (exact) mass is 334 g/mol. The van der Waals surface area contributed by atoms with E-state index in [0.717, 1.165) is 64.0 Å². The summed E-state index contributed by atoms with van der Waals surface area (Å²) in [6.07, 6.45) is 2.74. The highest BCUT2D eigenvalue weighted by Gasteiger charge is 2.21. The van der Waals surface area contributed by atoms with E-state index in [1.807, 2.05) is 24.0 Å². The van der Waals surface area contributed by atoms with Crippen LogP contribution in [-0.2, 0) is 9.47 Å². The predicted octanol–water partition coefficient (Wildman–Crippen LogP) is 1.81. The van der Waals surface area contributed by atoms with Crippen molar-refractivity contribution in [3.8, 4) is 0 Å². The van der Waals surface area contributed by atoms with Crippen LogP contribution in [-0.4, -0.2) is 68.5 Å². The molecule has 24 heavy (non-hydrogen) atoms. The van der Waals surface area contributed by atoms with Gasteiger partial charge in [0.05, 0.1) is 31.7 Å². The molecule has 1 aromatic rings. The third-order valence-corrected chi connectivity index (χ3v) is 4.51. The number of carbonyl (C=O) groups excluding carboxylic acids is 1. The van der Waals surface area contributed by atoms with E-state index in [1.165, 1.54) is 0 Å². The molecule has 2 amide bonds.